The molecule has 0 nitrogen and oxygen atoms in total. The van der Waals surface area contributed by atoms with Gasteiger partial charge in [0, 0.05) is 9.52 Å². The van der Waals surface area contributed by atoms with Crippen LogP contribution in [-0.2, 0) is 20.8 Å². The molecule has 0 N–H and O–H groups in total. The third kappa shape index (κ3) is 9.61. The fourth-order valence-electron chi connectivity index (χ4n) is 5.46. The Morgan fingerprint density at radius 1 is 0.500 bits per heavy atom. The first-order valence-electron chi connectivity index (χ1n) is 15.0. The van der Waals surface area contributed by atoms with Gasteiger partial charge in [0.25, 0.3) is 0 Å². The summed E-state index contributed by atoms with van der Waals surface area (Å²) in [5, 5.41) is 8.68. The van der Waals surface area contributed by atoms with Crippen molar-refractivity contribution < 1.29 is 20.8 Å². The van der Waals surface area contributed by atoms with Gasteiger partial charge in [0.1, 0.15) is 0 Å². The van der Waals surface area contributed by atoms with Crippen LogP contribution in [0.5, 0.6) is 0 Å². The predicted molar refractivity (Wildman–Crippen MR) is 205 cm³/mol. The molecule has 226 valence electrons. The summed E-state index contributed by atoms with van der Waals surface area (Å²) in [5.74, 6) is 0. The Morgan fingerprint density at radius 3 is 1.07 bits per heavy atom. The molecule has 6 rings (SSSR count). The summed E-state index contributed by atoms with van der Waals surface area (Å²) >= 11 is -0.826. The van der Waals surface area contributed by atoms with Gasteiger partial charge in [0.05, 0.1) is 16.1 Å². The molecule has 0 aliphatic heterocycles. The van der Waals surface area contributed by atoms with E-state index >= 15 is 0 Å². The molecule has 6 aromatic carbocycles. The molecule has 0 amide bonds. The zero-order valence-electron chi connectivity index (χ0n) is 27.3. The van der Waals surface area contributed by atoms with Crippen LogP contribution in [0.3, 0.4) is 0 Å². The number of halogens is 2. The molecule has 0 atom stereocenters. The second-order valence-corrected chi connectivity index (χ2v) is 27.7. The molecule has 6 aromatic rings. The quantitative estimate of drug-likeness (QED) is 0.124. The molecule has 44 heavy (non-hydrogen) atoms. The van der Waals surface area contributed by atoms with Crippen LogP contribution in [-0.4, -0.2) is 25.7 Å². The van der Waals surface area contributed by atoms with Crippen molar-refractivity contribution in [3.63, 3.8) is 0 Å². The molecule has 0 fully saturated rings. The monoisotopic (exact) mass is 744 g/mol. The molecule has 0 aliphatic rings. The third-order valence-corrected chi connectivity index (χ3v) is 11.4. The minimum atomic E-state index is -1.34. The van der Waals surface area contributed by atoms with Crippen molar-refractivity contribution in [1.29, 1.82) is 0 Å². The van der Waals surface area contributed by atoms with Crippen LogP contribution in [0.1, 0.15) is 0 Å². The second kappa shape index (κ2) is 17.2. The van der Waals surface area contributed by atoms with Crippen LogP contribution in [0.15, 0.2) is 121 Å². The van der Waals surface area contributed by atoms with E-state index in [-0.39, 0.29) is 0 Å². The first-order valence-corrected chi connectivity index (χ1v) is 30.3. The molecule has 0 heterocycles. The molecule has 0 saturated carbocycles. The number of hydrogen-bond donors (Lipinski definition) is 0. The minimum absolute atomic E-state index is 0.826. The molecular formula is C38H44Cl2Si3Zr. The normalized spacial score (nSPS) is 11.0. The van der Waals surface area contributed by atoms with Crippen molar-refractivity contribution in [2.75, 3.05) is 0 Å². The number of benzene rings is 4. The Balaban J connectivity index is 0.000000204. The maximum atomic E-state index is 4.93. The Bertz CT molecular complexity index is 1580. The van der Waals surface area contributed by atoms with Gasteiger partial charge in [-0.05, 0) is 0 Å². The van der Waals surface area contributed by atoms with E-state index in [4.69, 9.17) is 17.0 Å². The first-order chi connectivity index (χ1) is 21.0. The van der Waals surface area contributed by atoms with Gasteiger partial charge >= 0.3 is 37.9 Å². The van der Waals surface area contributed by atoms with E-state index in [1.807, 2.05) is 0 Å². The Kier molecular flexibility index (Phi) is 14.4. The molecule has 0 spiro atoms. The molecule has 0 bridgehead atoms. The van der Waals surface area contributed by atoms with Gasteiger partial charge in [0.15, 0.2) is 0 Å². The van der Waals surface area contributed by atoms with Crippen LogP contribution >= 0.6 is 17.0 Å². The number of rotatable bonds is 4. The van der Waals surface area contributed by atoms with Crippen molar-refractivity contribution in [1.82, 2.24) is 0 Å². The van der Waals surface area contributed by atoms with E-state index in [2.05, 4.69) is 174 Å². The van der Waals surface area contributed by atoms with E-state index in [1.165, 1.54) is 43.8 Å². The zero-order chi connectivity index (χ0) is 32.3. The van der Waals surface area contributed by atoms with Crippen LogP contribution < -0.4 is 10.4 Å². The van der Waals surface area contributed by atoms with Crippen LogP contribution in [0.4, 0.5) is 0 Å². The summed E-state index contributed by atoms with van der Waals surface area (Å²) in [6.45, 7) is 18.9. The van der Waals surface area contributed by atoms with Crippen LogP contribution in [0, 0.1) is 0 Å². The van der Waals surface area contributed by atoms with Gasteiger partial charge in [0.2, 0.25) is 0 Å². The number of fused-ring (bicyclic) bond motifs is 2. The molecule has 6 heteroatoms. The fraction of sp³-hybridized carbons (Fsp3) is 0.211. The van der Waals surface area contributed by atoms with E-state index in [9.17, 15) is 0 Å². The Hall–Kier alpha value is -1.79. The maximum absolute atomic E-state index is 4.93. The van der Waals surface area contributed by atoms with Crippen molar-refractivity contribution in [2.45, 2.75) is 52.4 Å². The molecule has 0 saturated heterocycles. The van der Waals surface area contributed by atoms with E-state index < -0.39 is 37.0 Å². The SMILES string of the molecule is C[Si](C)(C)c1cc2ccccc2[c-]1-c1ccccc1.C[Si](C)(C)c1cc2ccccc2[c-]1-c1ccccc1.C[Si]C.[Cl][Zr+2][Cl]. The van der Waals surface area contributed by atoms with Crippen molar-refractivity contribution in [2.24, 2.45) is 0 Å². The van der Waals surface area contributed by atoms with Crippen molar-refractivity contribution in [3.05, 3.63) is 121 Å². The van der Waals surface area contributed by atoms with Gasteiger partial charge in [-0.1, -0.05) is 158 Å². The van der Waals surface area contributed by atoms with Gasteiger partial charge < -0.3 is 0 Å². The van der Waals surface area contributed by atoms with Gasteiger partial charge in [-0.3, -0.25) is 0 Å². The third-order valence-electron chi connectivity index (χ3n) is 7.34. The number of hydrogen-bond acceptors (Lipinski definition) is 0. The molecule has 0 aromatic heterocycles. The summed E-state index contributed by atoms with van der Waals surface area (Å²) in [7, 11) is 8.26. The average molecular weight is 747 g/mol. The Morgan fingerprint density at radius 2 is 0.773 bits per heavy atom. The van der Waals surface area contributed by atoms with Crippen LogP contribution in [0.25, 0.3) is 43.8 Å². The predicted octanol–water partition coefficient (Wildman–Crippen LogP) is 11.7. The van der Waals surface area contributed by atoms with Gasteiger partial charge in [-0.25, -0.2) is 0 Å². The molecule has 0 aliphatic carbocycles. The van der Waals surface area contributed by atoms with Crippen molar-refractivity contribution >= 4 is 74.6 Å². The summed E-state index contributed by atoms with van der Waals surface area (Å²) in [6.07, 6.45) is 0. The molecule has 2 radical (unpaired) electrons. The Labute approximate surface area is 289 Å². The zero-order valence-corrected chi connectivity index (χ0v) is 34.3. The summed E-state index contributed by atoms with van der Waals surface area (Å²) in [4.78, 5) is 0. The average Bonchev–Trinajstić information content (AvgIpc) is 3.59. The summed E-state index contributed by atoms with van der Waals surface area (Å²) in [6, 6.07) is 43.9. The van der Waals surface area contributed by atoms with E-state index in [1.54, 1.807) is 10.4 Å². The topological polar surface area (TPSA) is 0 Å². The second-order valence-electron chi connectivity index (χ2n) is 12.8. The first kappa shape index (κ1) is 36.7. The fourth-order valence-corrected chi connectivity index (χ4v) is 8.70. The standard InChI is InChI=1S/2C18H19Si.C2H6Si.2ClH.Zr/c2*1-19(2,3)17-13-15-11-7-8-12-16(15)18(17)14-9-5-4-6-10-14;1-3-2;;;/h2*4-13H,1-3H3;1-2H3;2*1H;/q2*-1;;;;+4/p-2. The van der Waals surface area contributed by atoms with E-state index in [0.717, 1.165) is 9.52 Å². The van der Waals surface area contributed by atoms with Gasteiger partial charge in [-0.2, -0.15) is 0 Å². The van der Waals surface area contributed by atoms with Crippen LogP contribution in [0.2, 0.25) is 52.4 Å². The molecular weight excluding hydrogens is 703 g/mol. The van der Waals surface area contributed by atoms with E-state index in [0.29, 0.717) is 0 Å². The molecule has 0 unspecified atom stereocenters. The summed E-state index contributed by atoms with van der Waals surface area (Å²) < 4.78 is 0. The summed E-state index contributed by atoms with van der Waals surface area (Å²) in [5.41, 5.74) is 5.60. The van der Waals surface area contributed by atoms with Gasteiger partial charge in [-0.15, -0.1) is 70.0 Å². The van der Waals surface area contributed by atoms with Crippen molar-refractivity contribution in [3.8, 4) is 22.3 Å².